The summed E-state index contributed by atoms with van der Waals surface area (Å²) in [6.45, 7) is 0. The third-order valence-corrected chi connectivity index (χ3v) is 2.17. The van der Waals surface area contributed by atoms with E-state index in [1.54, 1.807) is 0 Å². The lowest BCUT2D eigenvalue weighted by molar-refractivity contribution is 1.18. The topological polar surface area (TPSA) is 63.1 Å². The highest BCUT2D eigenvalue weighted by Crippen LogP contribution is 2.11. The van der Waals surface area contributed by atoms with Crippen LogP contribution in [0.1, 0.15) is 5.56 Å². The largest absolute Gasteiger partial charge is 0.321 e. The summed E-state index contributed by atoms with van der Waals surface area (Å²) < 4.78 is 0. The molecule has 0 aliphatic carbocycles. The van der Waals surface area contributed by atoms with Gasteiger partial charge in [0.05, 0.1) is 5.69 Å². The predicted octanol–water partition coefficient (Wildman–Crippen LogP) is 3.09. The van der Waals surface area contributed by atoms with Crippen LogP contribution in [-0.4, -0.2) is 5.84 Å². The van der Waals surface area contributed by atoms with E-state index in [9.17, 15) is 0 Å². The van der Waals surface area contributed by atoms with Crippen LogP contribution in [0, 0.1) is 0 Å². The van der Waals surface area contributed by atoms with Gasteiger partial charge in [0.1, 0.15) is 0 Å². The van der Waals surface area contributed by atoms with Crippen molar-refractivity contribution in [2.24, 2.45) is 21.2 Å². The normalized spacial score (nSPS) is 11.9. The summed E-state index contributed by atoms with van der Waals surface area (Å²) in [5.74, 6) is 5.71. The number of hydrazone groups is 1. The summed E-state index contributed by atoms with van der Waals surface area (Å²) in [5, 5.41) is 11.7. The number of benzene rings is 2. The number of rotatable bonds is 2. The van der Waals surface area contributed by atoms with Crippen LogP contribution in [-0.2, 0) is 0 Å². The standard InChI is InChI=1S/C13H12N4/c14-15-13(11-7-3-1-4-8-11)17-16-12-9-5-2-6-10-12/h1-10H,14H2/b15-13+,17-16+. The number of hydrogen-bond donors (Lipinski definition) is 1. The quantitative estimate of drug-likeness (QED) is 0.275. The van der Waals surface area contributed by atoms with Crippen molar-refractivity contribution in [1.29, 1.82) is 0 Å². The van der Waals surface area contributed by atoms with Crippen LogP contribution in [0.25, 0.3) is 0 Å². The van der Waals surface area contributed by atoms with Gasteiger partial charge < -0.3 is 5.84 Å². The third kappa shape index (κ3) is 2.98. The Morgan fingerprint density at radius 3 is 2.00 bits per heavy atom. The molecule has 17 heavy (non-hydrogen) atoms. The molecule has 4 heteroatoms. The van der Waals surface area contributed by atoms with Crippen molar-refractivity contribution in [1.82, 2.24) is 0 Å². The van der Waals surface area contributed by atoms with Crippen molar-refractivity contribution >= 4 is 11.5 Å². The van der Waals surface area contributed by atoms with Crippen LogP contribution in [0.4, 0.5) is 5.69 Å². The highest BCUT2D eigenvalue weighted by Gasteiger charge is 1.99. The number of hydrogen-bond acceptors (Lipinski definition) is 3. The second-order valence-corrected chi connectivity index (χ2v) is 3.35. The first-order valence-electron chi connectivity index (χ1n) is 5.20. The highest BCUT2D eigenvalue weighted by molar-refractivity contribution is 5.98. The summed E-state index contributed by atoms with van der Waals surface area (Å²) in [6.07, 6.45) is 0. The summed E-state index contributed by atoms with van der Waals surface area (Å²) in [5.41, 5.74) is 1.61. The molecular weight excluding hydrogens is 212 g/mol. The van der Waals surface area contributed by atoms with Gasteiger partial charge in [-0.25, -0.2) is 0 Å². The Balaban J connectivity index is 2.20. The van der Waals surface area contributed by atoms with E-state index in [0.29, 0.717) is 5.84 Å². The molecule has 0 radical (unpaired) electrons. The van der Waals surface area contributed by atoms with Crippen molar-refractivity contribution in [2.75, 3.05) is 0 Å². The van der Waals surface area contributed by atoms with E-state index in [1.807, 2.05) is 60.7 Å². The van der Waals surface area contributed by atoms with E-state index < -0.39 is 0 Å². The Bertz CT molecular complexity index is 518. The first-order valence-corrected chi connectivity index (χ1v) is 5.20. The van der Waals surface area contributed by atoms with E-state index >= 15 is 0 Å². The minimum atomic E-state index is 0.412. The molecule has 2 aromatic carbocycles. The van der Waals surface area contributed by atoms with E-state index in [2.05, 4.69) is 15.3 Å². The Hall–Kier alpha value is -2.49. The minimum Gasteiger partial charge on any atom is -0.321 e. The van der Waals surface area contributed by atoms with Crippen LogP contribution in [0.2, 0.25) is 0 Å². The molecule has 0 heterocycles. The average Bonchev–Trinajstić information content (AvgIpc) is 2.42. The molecule has 4 nitrogen and oxygen atoms in total. The Kier molecular flexibility index (Phi) is 3.60. The van der Waals surface area contributed by atoms with Gasteiger partial charge in [-0.3, -0.25) is 0 Å². The zero-order valence-electron chi connectivity index (χ0n) is 9.19. The van der Waals surface area contributed by atoms with Gasteiger partial charge in [-0.2, -0.15) is 5.10 Å². The molecule has 84 valence electrons. The minimum absolute atomic E-state index is 0.412. The Morgan fingerprint density at radius 1 is 0.824 bits per heavy atom. The molecular formula is C13H12N4. The molecule has 0 fully saturated rings. The van der Waals surface area contributed by atoms with Crippen LogP contribution in [0.3, 0.4) is 0 Å². The van der Waals surface area contributed by atoms with Crippen LogP contribution in [0.15, 0.2) is 76.0 Å². The number of azo groups is 1. The lowest BCUT2D eigenvalue weighted by Gasteiger charge is -1.97. The maximum absolute atomic E-state index is 5.30. The second kappa shape index (κ2) is 5.55. The van der Waals surface area contributed by atoms with Crippen molar-refractivity contribution in [3.8, 4) is 0 Å². The Morgan fingerprint density at radius 2 is 1.41 bits per heavy atom. The van der Waals surface area contributed by atoms with Gasteiger partial charge >= 0.3 is 0 Å². The first-order chi connectivity index (χ1) is 8.40. The fourth-order valence-corrected chi connectivity index (χ4v) is 1.35. The van der Waals surface area contributed by atoms with E-state index in [1.165, 1.54) is 0 Å². The van der Waals surface area contributed by atoms with E-state index in [0.717, 1.165) is 11.3 Å². The number of nitrogens with zero attached hydrogens (tertiary/aromatic N) is 3. The average molecular weight is 224 g/mol. The monoisotopic (exact) mass is 224 g/mol. The first kappa shape index (κ1) is 11.0. The maximum Gasteiger partial charge on any atom is 0.200 e. The zero-order chi connectivity index (χ0) is 11.9. The van der Waals surface area contributed by atoms with Gasteiger partial charge in [-0.15, -0.1) is 10.2 Å². The molecule has 0 saturated heterocycles. The van der Waals surface area contributed by atoms with Gasteiger partial charge in [-0.05, 0) is 12.1 Å². The molecule has 0 unspecified atom stereocenters. The molecule has 0 bridgehead atoms. The second-order valence-electron chi connectivity index (χ2n) is 3.35. The zero-order valence-corrected chi connectivity index (χ0v) is 9.19. The summed E-state index contributed by atoms with van der Waals surface area (Å²) in [6, 6.07) is 18.9. The van der Waals surface area contributed by atoms with Gasteiger partial charge in [0, 0.05) is 5.56 Å². The van der Waals surface area contributed by atoms with Crippen LogP contribution < -0.4 is 5.84 Å². The number of nitrogens with two attached hydrogens (primary N) is 1. The maximum atomic E-state index is 5.30. The van der Waals surface area contributed by atoms with Gasteiger partial charge in [0.25, 0.3) is 0 Å². The predicted molar refractivity (Wildman–Crippen MR) is 68.1 cm³/mol. The van der Waals surface area contributed by atoms with Gasteiger partial charge in [0.15, 0.2) is 5.84 Å². The summed E-state index contributed by atoms with van der Waals surface area (Å²) >= 11 is 0. The van der Waals surface area contributed by atoms with Crippen molar-refractivity contribution < 1.29 is 0 Å². The van der Waals surface area contributed by atoms with Gasteiger partial charge in [-0.1, -0.05) is 48.5 Å². The summed E-state index contributed by atoms with van der Waals surface area (Å²) in [4.78, 5) is 0. The molecule has 0 aliphatic rings. The van der Waals surface area contributed by atoms with Gasteiger partial charge in [0.2, 0.25) is 0 Å². The molecule has 2 aromatic rings. The lowest BCUT2D eigenvalue weighted by Crippen LogP contribution is -1.99. The highest BCUT2D eigenvalue weighted by atomic mass is 15.2. The van der Waals surface area contributed by atoms with Crippen LogP contribution >= 0.6 is 0 Å². The van der Waals surface area contributed by atoms with Crippen molar-refractivity contribution in [2.45, 2.75) is 0 Å². The lowest BCUT2D eigenvalue weighted by atomic mass is 10.2. The van der Waals surface area contributed by atoms with Crippen molar-refractivity contribution in [3.63, 3.8) is 0 Å². The Labute approximate surface area is 99.5 Å². The molecule has 2 rings (SSSR count). The summed E-state index contributed by atoms with van der Waals surface area (Å²) in [7, 11) is 0. The fraction of sp³-hybridized carbons (Fsp3) is 0. The number of amidine groups is 1. The fourth-order valence-electron chi connectivity index (χ4n) is 1.35. The molecule has 0 aliphatic heterocycles. The molecule has 0 atom stereocenters. The molecule has 2 N–H and O–H groups in total. The third-order valence-electron chi connectivity index (χ3n) is 2.17. The molecule has 0 amide bonds. The smallest absolute Gasteiger partial charge is 0.200 e. The van der Waals surface area contributed by atoms with Crippen molar-refractivity contribution in [3.05, 3.63) is 66.2 Å². The van der Waals surface area contributed by atoms with E-state index in [-0.39, 0.29) is 0 Å². The molecule has 0 spiro atoms. The SMILES string of the molecule is N/N=C(/N=N/c1ccccc1)c1ccccc1. The van der Waals surface area contributed by atoms with Crippen LogP contribution in [0.5, 0.6) is 0 Å². The van der Waals surface area contributed by atoms with E-state index in [4.69, 9.17) is 5.84 Å². The molecule has 0 aromatic heterocycles. The molecule has 0 saturated carbocycles.